The predicted octanol–water partition coefficient (Wildman–Crippen LogP) is 2.56. The van der Waals surface area contributed by atoms with Gasteiger partial charge in [-0.15, -0.1) is 0 Å². The first-order chi connectivity index (χ1) is 10.2. The highest BCUT2D eigenvalue weighted by Gasteiger charge is 2.37. The zero-order valence-corrected chi connectivity index (χ0v) is 14.0. The van der Waals surface area contributed by atoms with Gasteiger partial charge in [-0.3, -0.25) is 4.79 Å². The van der Waals surface area contributed by atoms with Crippen LogP contribution in [0.3, 0.4) is 0 Å². The summed E-state index contributed by atoms with van der Waals surface area (Å²) in [7, 11) is -1.67. The minimum absolute atomic E-state index is 0.00840. The summed E-state index contributed by atoms with van der Waals surface area (Å²) in [5, 5.41) is -0.566. The lowest BCUT2D eigenvalue weighted by Gasteiger charge is -2.37. The van der Waals surface area contributed by atoms with Crippen LogP contribution in [0.15, 0.2) is 18.2 Å². The van der Waals surface area contributed by atoms with Crippen molar-refractivity contribution in [2.45, 2.75) is 43.9 Å². The lowest BCUT2D eigenvalue weighted by atomic mass is 9.93. The van der Waals surface area contributed by atoms with Crippen molar-refractivity contribution < 1.29 is 17.6 Å². The smallest absolute Gasteiger partial charge is 0.256 e. The minimum atomic E-state index is -3.24. The fourth-order valence-electron chi connectivity index (χ4n) is 3.15. The third-order valence-corrected chi connectivity index (χ3v) is 6.04. The van der Waals surface area contributed by atoms with Crippen LogP contribution >= 0.6 is 0 Å². The summed E-state index contributed by atoms with van der Waals surface area (Å²) in [6.45, 7) is 1.75. The Morgan fingerprint density at radius 2 is 1.91 bits per heavy atom. The molecule has 0 heterocycles. The van der Waals surface area contributed by atoms with E-state index in [1.165, 1.54) is 23.3 Å². The monoisotopic (exact) mass is 327 g/mol. The largest absolute Gasteiger partial charge is 0.337 e. The maximum absolute atomic E-state index is 14.0. The minimum Gasteiger partial charge on any atom is -0.337 e. The molecule has 4 nitrogen and oxygen atoms in total. The number of nitrogens with zero attached hydrogens (tertiary/aromatic N) is 1. The Kier molecular flexibility index (Phi) is 4.90. The summed E-state index contributed by atoms with van der Waals surface area (Å²) in [4.78, 5) is 13.9. The second kappa shape index (κ2) is 6.36. The average Bonchev–Trinajstić information content (AvgIpc) is 2.45. The Morgan fingerprint density at radius 3 is 2.50 bits per heavy atom. The lowest BCUT2D eigenvalue weighted by molar-refractivity contribution is 0.0695. The van der Waals surface area contributed by atoms with Crippen molar-refractivity contribution in [2.75, 3.05) is 13.3 Å². The van der Waals surface area contributed by atoms with Gasteiger partial charge in [-0.05, 0) is 37.5 Å². The van der Waals surface area contributed by atoms with Gasteiger partial charge in [-0.1, -0.05) is 18.9 Å². The van der Waals surface area contributed by atoms with Gasteiger partial charge in [0.25, 0.3) is 5.91 Å². The first-order valence-electron chi connectivity index (χ1n) is 7.44. The molecule has 122 valence electrons. The number of rotatable bonds is 3. The number of benzene rings is 1. The molecule has 0 aliphatic heterocycles. The molecule has 0 radical (unpaired) electrons. The number of amides is 1. The molecule has 1 aliphatic carbocycles. The molecule has 0 bridgehead atoms. The summed E-state index contributed by atoms with van der Waals surface area (Å²) >= 11 is 0. The van der Waals surface area contributed by atoms with Crippen LogP contribution in [0.2, 0.25) is 0 Å². The van der Waals surface area contributed by atoms with Crippen molar-refractivity contribution in [3.8, 4) is 0 Å². The van der Waals surface area contributed by atoms with Gasteiger partial charge in [0.05, 0.1) is 10.8 Å². The molecule has 1 aliphatic rings. The molecule has 0 N–H and O–H groups in total. The number of hydrogen-bond donors (Lipinski definition) is 0. The predicted molar refractivity (Wildman–Crippen MR) is 84.1 cm³/mol. The topological polar surface area (TPSA) is 54.5 Å². The molecular formula is C16H22FNO3S. The molecular weight excluding hydrogens is 305 g/mol. The summed E-state index contributed by atoms with van der Waals surface area (Å²) in [5.41, 5.74) is 0.731. The van der Waals surface area contributed by atoms with Crippen molar-refractivity contribution >= 4 is 15.7 Å². The van der Waals surface area contributed by atoms with Gasteiger partial charge in [0, 0.05) is 19.3 Å². The van der Waals surface area contributed by atoms with Gasteiger partial charge < -0.3 is 4.90 Å². The highest BCUT2D eigenvalue weighted by atomic mass is 32.2. The first kappa shape index (κ1) is 16.9. The van der Waals surface area contributed by atoms with E-state index < -0.39 is 32.9 Å². The normalized spacial score (nSPS) is 22.4. The van der Waals surface area contributed by atoms with Crippen molar-refractivity contribution in [1.29, 1.82) is 0 Å². The van der Waals surface area contributed by atoms with Crippen LogP contribution < -0.4 is 0 Å². The van der Waals surface area contributed by atoms with Crippen LogP contribution in [-0.4, -0.2) is 43.8 Å². The highest BCUT2D eigenvalue weighted by molar-refractivity contribution is 7.91. The molecule has 6 heteroatoms. The van der Waals surface area contributed by atoms with Crippen LogP contribution in [0.25, 0.3) is 0 Å². The Bertz CT molecular complexity index is 672. The van der Waals surface area contributed by atoms with E-state index in [4.69, 9.17) is 0 Å². The standard InChI is InChI=1S/C16H22FNO3S/c1-11-8-9-12(13(17)10-11)16(19)18(2)14-6-4-5-7-15(14)22(3,20)21/h8-10,14-15H,4-7H2,1-3H3. The van der Waals surface area contributed by atoms with E-state index in [2.05, 4.69) is 0 Å². The Hall–Kier alpha value is -1.43. The van der Waals surface area contributed by atoms with Crippen LogP contribution in [0.5, 0.6) is 0 Å². The summed E-state index contributed by atoms with van der Waals surface area (Å²) in [5.74, 6) is -1.03. The third kappa shape index (κ3) is 3.48. The molecule has 0 saturated heterocycles. The van der Waals surface area contributed by atoms with Gasteiger partial charge in [0.2, 0.25) is 0 Å². The number of halogens is 1. The Labute approximate surface area is 131 Å². The number of aryl methyl sites for hydroxylation is 1. The summed E-state index contributed by atoms with van der Waals surface area (Å²) in [6, 6.07) is 4.06. The molecule has 1 aromatic rings. The first-order valence-corrected chi connectivity index (χ1v) is 9.39. The van der Waals surface area contributed by atoms with E-state index in [0.29, 0.717) is 12.8 Å². The molecule has 1 amide bonds. The SMILES string of the molecule is Cc1ccc(C(=O)N(C)C2CCCCC2S(C)(=O)=O)c(F)c1. The molecule has 2 atom stereocenters. The Balaban J connectivity index is 2.28. The van der Waals surface area contributed by atoms with E-state index in [1.807, 2.05) is 0 Å². The molecule has 1 aromatic carbocycles. The fourth-order valence-corrected chi connectivity index (χ4v) is 4.64. The molecule has 2 rings (SSSR count). The maximum atomic E-state index is 14.0. The van der Waals surface area contributed by atoms with Crippen molar-refractivity contribution in [2.24, 2.45) is 0 Å². The van der Waals surface area contributed by atoms with E-state index in [0.717, 1.165) is 18.4 Å². The van der Waals surface area contributed by atoms with E-state index in [9.17, 15) is 17.6 Å². The lowest BCUT2D eigenvalue weighted by Crippen LogP contribution is -2.49. The second-order valence-electron chi connectivity index (χ2n) is 6.12. The highest BCUT2D eigenvalue weighted by Crippen LogP contribution is 2.28. The molecule has 0 aromatic heterocycles. The zero-order valence-electron chi connectivity index (χ0n) is 13.2. The average molecular weight is 327 g/mol. The van der Waals surface area contributed by atoms with Crippen molar-refractivity contribution in [3.63, 3.8) is 0 Å². The maximum Gasteiger partial charge on any atom is 0.256 e. The number of sulfone groups is 1. The molecule has 2 unspecified atom stereocenters. The molecule has 1 fully saturated rings. The zero-order chi connectivity index (χ0) is 16.5. The van der Waals surface area contributed by atoms with Crippen LogP contribution in [-0.2, 0) is 9.84 Å². The number of carbonyl (C=O) groups excluding carboxylic acids is 1. The van der Waals surface area contributed by atoms with Crippen molar-refractivity contribution in [3.05, 3.63) is 35.1 Å². The second-order valence-corrected chi connectivity index (χ2v) is 8.38. The van der Waals surface area contributed by atoms with E-state index in [1.54, 1.807) is 20.0 Å². The molecule has 0 spiro atoms. The third-order valence-electron chi connectivity index (χ3n) is 4.39. The van der Waals surface area contributed by atoms with Gasteiger partial charge in [0.1, 0.15) is 5.82 Å². The summed E-state index contributed by atoms with van der Waals surface area (Å²) in [6.07, 6.45) is 4.12. The summed E-state index contributed by atoms with van der Waals surface area (Å²) < 4.78 is 37.9. The van der Waals surface area contributed by atoms with Crippen molar-refractivity contribution in [1.82, 2.24) is 4.90 Å². The molecule has 1 saturated carbocycles. The number of hydrogen-bond acceptors (Lipinski definition) is 3. The van der Waals surface area contributed by atoms with Crippen LogP contribution in [0.1, 0.15) is 41.6 Å². The van der Waals surface area contributed by atoms with Crippen LogP contribution in [0.4, 0.5) is 4.39 Å². The van der Waals surface area contributed by atoms with Gasteiger partial charge >= 0.3 is 0 Å². The number of carbonyl (C=O) groups is 1. The van der Waals surface area contributed by atoms with Gasteiger partial charge in [-0.2, -0.15) is 0 Å². The molecule has 22 heavy (non-hydrogen) atoms. The fraction of sp³-hybridized carbons (Fsp3) is 0.562. The van der Waals surface area contributed by atoms with E-state index >= 15 is 0 Å². The van der Waals surface area contributed by atoms with Gasteiger partial charge in [0.15, 0.2) is 9.84 Å². The van der Waals surface area contributed by atoms with Crippen LogP contribution in [0, 0.1) is 12.7 Å². The van der Waals surface area contributed by atoms with Gasteiger partial charge in [-0.25, -0.2) is 12.8 Å². The quantitative estimate of drug-likeness (QED) is 0.857. The Morgan fingerprint density at radius 1 is 1.27 bits per heavy atom. The van der Waals surface area contributed by atoms with E-state index in [-0.39, 0.29) is 5.56 Å².